The number of esters is 1. The van der Waals surface area contributed by atoms with Crippen LogP contribution in [0.4, 0.5) is 0 Å². The molecule has 0 radical (unpaired) electrons. The van der Waals surface area contributed by atoms with Gasteiger partial charge in [-0.05, 0) is 25.1 Å². The summed E-state index contributed by atoms with van der Waals surface area (Å²) in [4.78, 5) is 22.9. The van der Waals surface area contributed by atoms with Crippen molar-refractivity contribution in [2.75, 3.05) is 6.61 Å². The molecule has 0 aliphatic rings. The number of carbonyl (C=O) groups excluding carboxylic acids is 2. The minimum absolute atomic E-state index is 0.0614. The topological polar surface area (TPSA) is 87.2 Å². The standard InChI is InChI=1S/C12H12BrN3O3/c1-2-19-10(17)6-16-9-5-7(13)3-4-8(9)11(15-16)12(14)18/h3-5H,2,6H2,1H3,(H2,14,18). The van der Waals surface area contributed by atoms with Crippen molar-refractivity contribution >= 4 is 38.7 Å². The third-order valence-electron chi connectivity index (χ3n) is 2.53. The molecule has 2 rings (SSSR count). The van der Waals surface area contributed by atoms with Gasteiger partial charge < -0.3 is 10.5 Å². The highest BCUT2D eigenvalue weighted by molar-refractivity contribution is 9.10. The summed E-state index contributed by atoms with van der Waals surface area (Å²) in [5, 5.41) is 4.68. The second kappa shape index (κ2) is 5.40. The SMILES string of the molecule is CCOC(=O)Cn1nc(C(N)=O)c2ccc(Br)cc21. The maximum atomic E-state index is 11.5. The summed E-state index contributed by atoms with van der Waals surface area (Å²) in [6.45, 7) is 1.96. The van der Waals surface area contributed by atoms with Gasteiger partial charge in [0.1, 0.15) is 6.54 Å². The molecule has 6 nitrogen and oxygen atoms in total. The van der Waals surface area contributed by atoms with Gasteiger partial charge in [-0.15, -0.1) is 0 Å². The molecule has 1 aromatic carbocycles. The smallest absolute Gasteiger partial charge is 0.327 e. The summed E-state index contributed by atoms with van der Waals surface area (Å²) in [6, 6.07) is 5.29. The fourth-order valence-electron chi connectivity index (χ4n) is 1.78. The Kier molecular flexibility index (Phi) is 3.84. The third-order valence-corrected chi connectivity index (χ3v) is 3.02. The van der Waals surface area contributed by atoms with Gasteiger partial charge in [-0.2, -0.15) is 5.10 Å². The van der Waals surface area contributed by atoms with Crippen molar-refractivity contribution in [1.82, 2.24) is 9.78 Å². The molecule has 1 heterocycles. The van der Waals surface area contributed by atoms with Gasteiger partial charge >= 0.3 is 5.97 Å². The average Bonchev–Trinajstić information content (AvgIpc) is 2.68. The number of nitrogens with zero attached hydrogens (tertiary/aromatic N) is 2. The van der Waals surface area contributed by atoms with Crippen LogP contribution < -0.4 is 5.73 Å². The average molecular weight is 326 g/mol. The molecule has 19 heavy (non-hydrogen) atoms. The lowest BCUT2D eigenvalue weighted by molar-refractivity contribution is -0.143. The maximum absolute atomic E-state index is 11.5. The lowest BCUT2D eigenvalue weighted by atomic mass is 10.2. The molecule has 1 amide bonds. The van der Waals surface area contributed by atoms with Crippen LogP contribution in [0.25, 0.3) is 10.9 Å². The van der Waals surface area contributed by atoms with Crippen molar-refractivity contribution < 1.29 is 14.3 Å². The van der Waals surface area contributed by atoms with Crippen LogP contribution in [0.1, 0.15) is 17.4 Å². The van der Waals surface area contributed by atoms with E-state index in [0.29, 0.717) is 17.5 Å². The van der Waals surface area contributed by atoms with Crippen LogP contribution in [-0.2, 0) is 16.1 Å². The van der Waals surface area contributed by atoms with E-state index in [-0.39, 0.29) is 12.2 Å². The first-order valence-electron chi connectivity index (χ1n) is 5.64. The largest absolute Gasteiger partial charge is 0.465 e. The van der Waals surface area contributed by atoms with E-state index >= 15 is 0 Å². The van der Waals surface area contributed by atoms with Crippen molar-refractivity contribution in [2.24, 2.45) is 5.73 Å². The first-order chi connectivity index (χ1) is 9.02. The second-order valence-electron chi connectivity index (χ2n) is 3.84. The van der Waals surface area contributed by atoms with Gasteiger partial charge in [0, 0.05) is 9.86 Å². The van der Waals surface area contributed by atoms with Crippen LogP contribution in [0.5, 0.6) is 0 Å². The summed E-state index contributed by atoms with van der Waals surface area (Å²) in [5.41, 5.74) is 6.07. The maximum Gasteiger partial charge on any atom is 0.327 e. The normalized spacial score (nSPS) is 10.6. The number of nitrogens with two attached hydrogens (primary N) is 1. The van der Waals surface area contributed by atoms with E-state index in [9.17, 15) is 9.59 Å². The van der Waals surface area contributed by atoms with Crippen LogP contribution in [0.2, 0.25) is 0 Å². The molecule has 0 aliphatic heterocycles. The van der Waals surface area contributed by atoms with Crippen molar-refractivity contribution in [3.63, 3.8) is 0 Å². The number of hydrogen-bond acceptors (Lipinski definition) is 4. The van der Waals surface area contributed by atoms with E-state index in [1.54, 1.807) is 25.1 Å². The van der Waals surface area contributed by atoms with Gasteiger partial charge in [-0.3, -0.25) is 14.3 Å². The summed E-state index contributed by atoms with van der Waals surface area (Å²) in [6.07, 6.45) is 0. The lowest BCUT2D eigenvalue weighted by Crippen LogP contribution is -2.16. The highest BCUT2D eigenvalue weighted by Gasteiger charge is 2.16. The van der Waals surface area contributed by atoms with E-state index in [4.69, 9.17) is 10.5 Å². The molecule has 2 N–H and O–H groups in total. The molecule has 0 spiro atoms. The van der Waals surface area contributed by atoms with E-state index in [0.717, 1.165) is 4.47 Å². The first kappa shape index (κ1) is 13.5. The number of ether oxygens (including phenoxy) is 1. The van der Waals surface area contributed by atoms with Crippen LogP contribution in [0.3, 0.4) is 0 Å². The van der Waals surface area contributed by atoms with Crippen molar-refractivity contribution in [3.8, 4) is 0 Å². The predicted molar refractivity (Wildman–Crippen MR) is 72.6 cm³/mol. The number of halogens is 1. The minimum atomic E-state index is -0.630. The van der Waals surface area contributed by atoms with E-state index < -0.39 is 11.9 Å². The summed E-state index contributed by atoms with van der Waals surface area (Å²) in [7, 11) is 0. The number of aromatic nitrogens is 2. The van der Waals surface area contributed by atoms with Crippen LogP contribution in [0, 0.1) is 0 Å². The molecule has 0 fully saturated rings. The number of hydrogen-bond donors (Lipinski definition) is 1. The molecule has 0 atom stereocenters. The molecule has 0 saturated carbocycles. The zero-order chi connectivity index (χ0) is 14.0. The summed E-state index contributed by atoms with van der Waals surface area (Å²) in [5.74, 6) is -1.04. The van der Waals surface area contributed by atoms with Gasteiger partial charge in [0.25, 0.3) is 5.91 Å². The Bertz CT molecular complexity index is 651. The van der Waals surface area contributed by atoms with Crippen molar-refractivity contribution in [2.45, 2.75) is 13.5 Å². The number of rotatable bonds is 4. The van der Waals surface area contributed by atoms with Gasteiger partial charge in [0.15, 0.2) is 5.69 Å². The monoisotopic (exact) mass is 325 g/mol. The summed E-state index contributed by atoms with van der Waals surface area (Å²) >= 11 is 3.34. The third kappa shape index (κ3) is 2.76. The molecular weight excluding hydrogens is 314 g/mol. The number of benzene rings is 1. The Hall–Kier alpha value is -1.89. The molecule has 0 unspecified atom stereocenters. The summed E-state index contributed by atoms with van der Waals surface area (Å²) < 4.78 is 7.10. The van der Waals surface area contributed by atoms with Gasteiger partial charge in [0.05, 0.1) is 12.1 Å². The molecule has 7 heteroatoms. The van der Waals surface area contributed by atoms with E-state index in [1.165, 1.54) is 4.68 Å². The molecule has 100 valence electrons. The second-order valence-corrected chi connectivity index (χ2v) is 4.75. The molecule has 0 bridgehead atoms. The van der Waals surface area contributed by atoms with Crippen molar-refractivity contribution in [3.05, 3.63) is 28.4 Å². The van der Waals surface area contributed by atoms with Gasteiger partial charge in [-0.1, -0.05) is 15.9 Å². The number of primary amides is 1. The molecule has 1 aromatic heterocycles. The van der Waals surface area contributed by atoms with Gasteiger partial charge in [0.2, 0.25) is 0 Å². The number of fused-ring (bicyclic) bond motifs is 1. The Balaban J connectivity index is 2.51. The van der Waals surface area contributed by atoms with Crippen molar-refractivity contribution in [1.29, 1.82) is 0 Å². The lowest BCUT2D eigenvalue weighted by Gasteiger charge is -2.03. The quantitative estimate of drug-likeness (QED) is 0.862. The van der Waals surface area contributed by atoms with Crippen LogP contribution in [0.15, 0.2) is 22.7 Å². The number of amides is 1. The van der Waals surface area contributed by atoms with E-state index in [1.807, 2.05) is 0 Å². The Morgan fingerprint density at radius 3 is 2.84 bits per heavy atom. The highest BCUT2D eigenvalue weighted by Crippen LogP contribution is 2.22. The van der Waals surface area contributed by atoms with Crippen LogP contribution >= 0.6 is 15.9 Å². The van der Waals surface area contributed by atoms with Crippen LogP contribution in [-0.4, -0.2) is 28.3 Å². The zero-order valence-electron chi connectivity index (χ0n) is 10.2. The minimum Gasteiger partial charge on any atom is -0.465 e. The fraction of sp³-hybridized carbons (Fsp3) is 0.250. The van der Waals surface area contributed by atoms with Gasteiger partial charge in [-0.25, -0.2) is 0 Å². The Morgan fingerprint density at radius 2 is 2.21 bits per heavy atom. The molecule has 0 saturated heterocycles. The number of carbonyl (C=O) groups is 2. The fourth-order valence-corrected chi connectivity index (χ4v) is 2.13. The Labute approximate surface area is 117 Å². The zero-order valence-corrected chi connectivity index (χ0v) is 11.8. The van der Waals surface area contributed by atoms with E-state index in [2.05, 4.69) is 21.0 Å². The highest BCUT2D eigenvalue weighted by atomic mass is 79.9. The molecule has 0 aliphatic carbocycles. The molecule has 2 aromatic rings. The first-order valence-corrected chi connectivity index (χ1v) is 6.43. The molecular formula is C12H12BrN3O3. The predicted octanol–water partition coefficient (Wildman–Crippen LogP) is 1.46. The Morgan fingerprint density at radius 1 is 1.47 bits per heavy atom.